The lowest BCUT2D eigenvalue weighted by molar-refractivity contribution is 0.0952. The van der Waals surface area contributed by atoms with Crippen molar-refractivity contribution in [3.63, 3.8) is 0 Å². The van der Waals surface area contributed by atoms with Gasteiger partial charge in [0.15, 0.2) is 0 Å². The summed E-state index contributed by atoms with van der Waals surface area (Å²) in [6, 6.07) is 10.3. The lowest BCUT2D eigenvalue weighted by Crippen LogP contribution is -2.24. The van der Waals surface area contributed by atoms with Crippen LogP contribution in [0.1, 0.15) is 41.3 Å². The second kappa shape index (κ2) is 9.33. The number of hydrogen-bond acceptors (Lipinski definition) is 3. The standard InChI is InChI=1S/C20H24ClNO3/c1-3-15-13-18(23)12-14(2)19(15)25-11-5-4-10-22-20(24)16-6-8-17(21)9-7-16/h6-9,12-13,23H,3-5,10-11H2,1-2H3,(H,22,24). The number of unbranched alkanes of at least 4 members (excludes halogenated alkanes) is 1. The number of benzene rings is 2. The highest BCUT2D eigenvalue weighted by Crippen LogP contribution is 2.29. The van der Waals surface area contributed by atoms with Crippen LogP contribution in [0.3, 0.4) is 0 Å². The van der Waals surface area contributed by atoms with E-state index in [9.17, 15) is 9.90 Å². The largest absolute Gasteiger partial charge is 0.508 e. The van der Waals surface area contributed by atoms with Crippen molar-refractivity contribution >= 4 is 17.5 Å². The zero-order valence-electron chi connectivity index (χ0n) is 14.6. The van der Waals surface area contributed by atoms with Crippen molar-refractivity contribution < 1.29 is 14.6 Å². The number of rotatable bonds is 8. The molecule has 0 aliphatic rings. The van der Waals surface area contributed by atoms with Crippen molar-refractivity contribution in [2.75, 3.05) is 13.2 Å². The number of amides is 1. The molecule has 0 bridgehead atoms. The Labute approximate surface area is 153 Å². The monoisotopic (exact) mass is 361 g/mol. The van der Waals surface area contributed by atoms with E-state index in [1.165, 1.54) is 0 Å². The average Bonchev–Trinajstić information content (AvgIpc) is 2.59. The summed E-state index contributed by atoms with van der Waals surface area (Å²) < 4.78 is 5.88. The van der Waals surface area contributed by atoms with Gasteiger partial charge in [-0.05, 0) is 73.7 Å². The summed E-state index contributed by atoms with van der Waals surface area (Å²) in [5, 5.41) is 13.2. The van der Waals surface area contributed by atoms with E-state index in [2.05, 4.69) is 5.32 Å². The minimum atomic E-state index is -0.0970. The van der Waals surface area contributed by atoms with Crippen molar-refractivity contribution in [1.29, 1.82) is 0 Å². The van der Waals surface area contributed by atoms with Gasteiger partial charge in [0.25, 0.3) is 5.91 Å². The van der Waals surface area contributed by atoms with Gasteiger partial charge >= 0.3 is 0 Å². The van der Waals surface area contributed by atoms with Crippen LogP contribution < -0.4 is 10.1 Å². The van der Waals surface area contributed by atoms with E-state index in [4.69, 9.17) is 16.3 Å². The van der Waals surface area contributed by atoms with Crippen LogP contribution >= 0.6 is 11.6 Å². The smallest absolute Gasteiger partial charge is 0.251 e. The van der Waals surface area contributed by atoms with Crippen LogP contribution in [-0.2, 0) is 6.42 Å². The molecule has 2 rings (SSSR count). The summed E-state index contributed by atoms with van der Waals surface area (Å²) in [5.41, 5.74) is 2.55. The quantitative estimate of drug-likeness (QED) is 0.680. The molecule has 4 nitrogen and oxygen atoms in total. The summed E-state index contributed by atoms with van der Waals surface area (Å²) in [6.45, 7) is 5.14. The molecule has 0 aliphatic heterocycles. The van der Waals surface area contributed by atoms with Crippen molar-refractivity contribution in [3.05, 3.63) is 58.1 Å². The Morgan fingerprint density at radius 1 is 1.20 bits per heavy atom. The molecule has 0 spiro atoms. The molecule has 0 aromatic heterocycles. The molecule has 25 heavy (non-hydrogen) atoms. The highest BCUT2D eigenvalue weighted by atomic mass is 35.5. The van der Waals surface area contributed by atoms with E-state index in [0.717, 1.165) is 36.1 Å². The van der Waals surface area contributed by atoms with Crippen LogP contribution in [0, 0.1) is 6.92 Å². The first-order valence-electron chi connectivity index (χ1n) is 8.50. The van der Waals surface area contributed by atoms with Gasteiger partial charge in [-0.15, -0.1) is 0 Å². The van der Waals surface area contributed by atoms with Crippen LogP contribution in [0.5, 0.6) is 11.5 Å². The first-order valence-corrected chi connectivity index (χ1v) is 8.88. The first-order chi connectivity index (χ1) is 12.0. The molecule has 0 aliphatic carbocycles. The minimum Gasteiger partial charge on any atom is -0.508 e. The Morgan fingerprint density at radius 2 is 1.92 bits per heavy atom. The third-order valence-electron chi connectivity index (χ3n) is 3.93. The Kier molecular flexibility index (Phi) is 7.14. The number of carbonyl (C=O) groups excluding carboxylic acids is 1. The van der Waals surface area contributed by atoms with Gasteiger partial charge < -0.3 is 15.2 Å². The molecular weight excluding hydrogens is 338 g/mol. The number of aryl methyl sites for hydroxylation is 2. The number of aromatic hydroxyl groups is 1. The maximum absolute atomic E-state index is 12.0. The van der Waals surface area contributed by atoms with E-state index in [-0.39, 0.29) is 11.7 Å². The second-order valence-electron chi connectivity index (χ2n) is 5.92. The molecule has 0 atom stereocenters. The minimum absolute atomic E-state index is 0.0970. The predicted molar refractivity (Wildman–Crippen MR) is 101 cm³/mol. The van der Waals surface area contributed by atoms with E-state index in [0.29, 0.717) is 23.7 Å². The fourth-order valence-corrected chi connectivity index (χ4v) is 2.73. The number of carbonyl (C=O) groups is 1. The molecule has 2 aromatic carbocycles. The van der Waals surface area contributed by atoms with Gasteiger partial charge in [0.1, 0.15) is 11.5 Å². The first kappa shape index (κ1) is 19.1. The second-order valence-corrected chi connectivity index (χ2v) is 6.36. The fourth-order valence-electron chi connectivity index (χ4n) is 2.60. The van der Waals surface area contributed by atoms with Gasteiger partial charge in [-0.2, -0.15) is 0 Å². The number of nitrogens with one attached hydrogen (secondary N) is 1. The molecule has 0 radical (unpaired) electrons. The number of phenolic OH excluding ortho intramolecular Hbond substituents is 1. The highest BCUT2D eigenvalue weighted by Gasteiger charge is 2.08. The van der Waals surface area contributed by atoms with Crippen molar-refractivity contribution in [3.8, 4) is 11.5 Å². The molecule has 0 heterocycles. The van der Waals surface area contributed by atoms with Crippen LogP contribution in [-0.4, -0.2) is 24.2 Å². The summed E-state index contributed by atoms with van der Waals surface area (Å²) in [4.78, 5) is 12.0. The lowest BCUT2D eigenvalue weighted by Gasteiger charge is -2.14. The van der Waals surface area contributed by atoms with Gasteiger partial charge in [0.2, 0.25) is 0 Å². The van der Waals surface area contributed by atoms with Gasteiger partial charge in [-0.3, -0.25) is 4.79 Å². The zero-order valence-corrected chi connectivity index (χ0v) is 15.4. The van der Waals surface area contributed by atoms with Crippen LogP contribution in [0.2, 0.25) is 5.02 Å². The fraction of sp³-hybridized carbons (Fsp3) is 0.350. The Bertz CT molecular complexity index is 714. The van der Waals surface area contributed by atoms with Crippen molar-refractivity contribution in [1.82, 2.24) is 5.32 Å². The topological polar surface area (TPSA) is 58.6 Å². The van der Waals surface area contributed by atoms with E-state index in [1.54, 1.807) is 36.4 Å². The number of halogens is 1. The van der Waals surface area contributed by atoms with Crippen LogP contribution in [0.15, 0.2) is 36.4 Å². The third kappa shape index (κ3) is 5.68. The average molecular weight is 362 g/mol. The lowest BCUT2D eigenvalue weighted by atomic mass is 10.1. The van der Waals surface area contributed by atoms with Crippen LogP contribution in [0.25, 0.3) is 0 Å². The predicted octanol–water partition coefficient (Wildman–Crippen LogP) is 4.51. The van der Waals surface area contributed by atoms with Crippen LogP contribution in [0.4, 0.5) is 0 Å². The number of ether oxygens (including phenoxy) is 1. The number of hydrogen-bond donors (Lipinski definition) is 2. The van der Waals surface area contributed by atoms with Gasteiger partial charge in [0.05, 0.1) is 6.61 Å². The molecule has 5 heteroatoms. The third-order valence-corrected chi connectivity index (χ3v) is 4.18. The molecule has 134 valence electrons. The Balaban J connectivity index is 1.72. The zero-order chi connectivity index (χ0) is 18.2. The van der Waals surface area contributed by atoms with Gasteiger partial charge in [-0.1, -0.05) is 18.5 Å². The number of phenols is 1. The molecule has 0 unspecified atom stereocenters. The summed E-state index contributed by atoms with van der Waals surface area (Å²) in [6.07, 6.45) is 2.48. The van der Waals surface area contributed by atoms with E-state index < -0.39 is 0 Å². The molecule has 2 N–H and O–H groups in total. The van der Waals surface area contributed by atoms with Crippen molar-refractivity contribution in [2.45, 2.75) is 33.1 Å². The van der Waals surface area contributed by atoms with E-state index in [1.807, 2.05) is 13.8 Å². The summed E-state index contributed by atoms with van der Waals surface area (Å²) in [7, 11) is 0. The highest BCUT2D eigenvalue weighted by molar-refractivity contribution is 6.30. The van der Waals surface area contributed by atoms with E-state index >= 15 is 0 Å². The Morgan fingerprint density at radius 3 is 2.60 bits per heavy atom. The summed E-state index contributed by atoms with van der Waals surface area (Å²) >= 11 is 5.81. The molecule has 0 saturated carbocycles. The molecular formula is C20H24ClNO3. The Hall–Kier alpha value is -2.20. The molecule has 2 aromatic rings. The molecule has 0 fully saturated rings. The normalized spacial score (nSPS) is 10.5. The SMILES string of the molecule is CCc1cc(O)cc(C)c1OCCCCNC(=O)c1ccc(Cl)cc1. The molecule has 0 saturated heterocycles. The summed E-state index contributed by atoms with van der Waals surface area (Å²) in [5.74, 6) is 1.03. The maximum Gasteiger partial charge on any atom is 0.251 e. The van der Waals surface area contributed by atoms with Crippen molar-refractivity contribution in [2.24, 2.45) is 0 Å². The maximum atomic E-state index is 12.0. The molecule has 1 amide bonds. The van der Waals surface area contributed by atoms with Gasteiger partial charge in [0, 0.05) is 17.1 Å². The van der Waals surface area contributed by atoms with Gasteiger partial charge in [-0.25, -0.2) is 0 Å².